The summed E-state index contributed by atoms with van der Waals surface area (Å²) in [5.41, 5.74) is 0. The average molecular weight is 140 g/mol. The first kappa shape index (κ1) is 9.74. The van der Waals surface area contributed by atoms with Crippen LogP contribution >= 0.6 is 0 Å². The van der Waals surface area contributed by atoms with Crippen LogP contribution in [0, 0.1) is 11.8 Å². The fourth-order valence-electron chi connectivity index (χ4n) is 1.11. The van der Waals surface area contributed by atoms with Gasteiger partial charge in [0.05, 0.1) is 0 Å². The highest BCUT2D eigenvalue weighted by Crippen LogP contribution is 2.18. The van der Waals surface area contributed by atoms with Crippen molar-refractivity contribution < 1.29 is 0 Å². The summed E-state index contributed by atoms with van der Waals surface area (Å²) in [4.78, 5) is 0. The van der Waals surface area contributed by atoms with Crippen molar-refractivity contribution in [3.8, 4) is 0 Å². The highest BCUT2D eigenvalue weighted by atomic mass is 14.1. The molecule has 0 spiro atoms. The number of hydrogen-bond donors (Lipinski definition) is 0. The summed E-state index contributed by atoms with van der Waals surface area (Å²) >= 11 is 0. The Kier molecular flexibility index (Phi) is 5.38. The lowest BCUT2D eigenvalue weighted by Gasteiger charge is -2.13. The highest BCUT2D eigenvalue weighted by Gasteiger charge is 2.05. The Morgan fingerprint density at radius 1 is 1.30 bits per heavy atom. The van der Waals surface area contributed by atoms with Crippen LogP contribution in [0.3, 0.4) is 0 Å². The van der Waals surface area contributed by atoms with Crippen molar-refractivity contribution in [2.75, 3.05) is 0 Å². The van der Waals surface area contributed by atoms with Gasteiger partial charge < -0.3 is 0 Å². The number of hydrogen-bond acceptors (Lipinski definition) is 0. The second-order valence-electron chi connectivity index (χ2n) is 3.15. The predicted octanol–water partition coefficient (Wildman–Crippen LogP) is 3.63. The molecule has 0 aliphatic carbocycles. The van der Waals surface area contributed by atoms with E-state index in [2.05, 4.69) is 33.4 Å². The molecule has 0 bridgehead atoms. The highest BCUT2D eigenvalue weighted by molar-refractivity contribution is 4.78. The molecule has 0 aliphatic heterocycles. The molecule has 0 N–H and O–H groups in total. The molecule has 0 heterocycles. The first-order chi connectivity index (χ1) is 4.74. The molecule has 0 heteroatoms. The van der Waals surface area contributed by atoms with Crippen LogP contribution in [-0.4, -0.2) is 0 Å². The molecule has 2 atom stereocenters. The van der Waals surface area contributed by atoms with E-state index in [-0.39, 0.29) is 0 Å². The second kappa shape index (κ2) is 5.52. The van der Waals surface area contributed by atoms with Gasteiger partial charge in [0, 0.05) is 0 Å². The van der Waals surface area contributed by atoms with Crippen molar-refractivity contribution in [2.45, 2.75) is 40.0 Å². The Labute approximate surface area is 65.3 Å². The molecule has 10 heavy (non-hydrogen) atoms. The zero-order valence-corrected chi connectivity index (χ0v) is 7.56. The van der Waals surface area contributed by atoms with Crippen molar-refractivity contribution in [1.29, 1.82) is 0 Å². The standard InChI is InChI=1S/C10H20/c1-5-9(4)8-10(6-2)7-3/h6,9-10H,2,5,7-8H2,1,3-4H3. The first-order valence-corrected chi connectivity index (χ1v) is 4.37. The van der Waals surface area contributed by atoms with E-state index in [1.165, 1.54) is 19.3 Å². The molecule has 0 saturated heterocycles. The molecular formula is C10H20. The monoisotopic (exact) mass is 140 g/mol. The quantitative estimate of drug-likeness (QED) is 0.511. The fraction of sp³-hybridized carbons (Fsp3) is 0.800. The van der Waals surface area contributed by atoms with E-state index >= 15 is 0 Å². The van der Waals surface area contributed by atoms with Crippen LogP contribution in [0.2, 0.25) is 0 Å². The fourth-order valence-corrected chi connectivity index (χ4v) is 1.11. The SMILES string of the molecule is C=CC(CC)CC(C)CC. The topological polar surface area (TPSA) is 0 Å². The van der Waals surface area contributed by atoms with Crippen molar-refractivity contribution >= 4 is 0 Å². The van der Waals surface area contributed by atoms with Crippen molar-refractivity contribution in [1.82, 2.24) is 0 Å². The molecule has 0 nitrogen and oxygen atoms in total. The molecule has 0 rings (SSSR count). The Bertz CT molecular complexity index is 84.0. The van der Waals surface area contributed by atoms with Gasteiger partial charge in [-0.15, -0.1) is 6.58 Å². The van der Waals surface area contributed by atoms with E-state index in [4.69, 9.17) is 0 Å². The third kappa shape index (κ3) is 3.71. The summed E-state index contributed by atoms with van der Waals surface area (Å²) in [7, 11) is 0. The van der Waals surface area contributed by atoms with E-state index in [9.17, 15) is 0 Å². The summed E-state index contributed by atoms with van der Waals surface area (Å²) in [6.45, 7) is 10.6. The largest absolute Gasteiger partial charge is 0.103 e. The predicted molar refractivity (Wildman–Crippen MR) is 48.1 cm³/mol. The van der Waals surface area contributed by atoms with E-state index in [1.807, 2.05) is 0 Å². The smallest absolute Gasteiger partial charge is 0.0236 e. The Hall–Kier alpha value is -0.260. The maximum atomic E-state index is 3.82. The van der Waals surface area contributed by atoms with Crippen LogP contribution in [0.5, 0.6) is 0 Å². The zero-order chi connectivity index (χ0) is 7.98. The van der Waals surface area contributed by atoms with Gasteiger partial charge in [-0.1, -0.05) is 33.3 Å². The lowest BCUT2D eigenvalue weighted by Crippen LogP contribution is -2.01. The van der Waals surface area contributed by atoms with Crippen LogP contribution in [0.15, 0.2) is 12.7 Å². The molecule has 0 fully saturated rings. The molecule has 0 aromatic rings. The lowest BCUT2D eigenvalue weighted by atomic mass is 9.92. The van der Waals surface area contributed by atoms with Crippen molar-refractivity contribution in [3.63, 3.8) is 0 Å². The molecule has 60 valence electrons. The molecule has 0 amide bonds. The third-order valence-electron chi connectivity index (χ3n) is 2.26. The van der Waals surface area contributed by atoms with Crippen LogP contribution in [0.25, 0.3) is 0 Å². The minimum Gasteiger partial charge on any atom is -0.103 e. The van der Waals surface area contributed by atoms with Crippen LogP contribution in [0.4, 0.5) is 0 Å². The van der Waals surface area contributed by atoms with Crippen LogP contribution < -0.4 is 0 Å². The minimum absolute atomic E-state index is 0.745. The van der Waals surface area contributed by atoms with Crippen molar-refractivity contribution in [3.05, 3.63) is 12.7 Å². The van der Waals surface area contributed by atoms with Gasteiger partial charge in [0.1, 0.15) is 0 Å². The lowest BCUT2D eigenvalue weighted by molar-refractivity contribution is 0.427. The molecular weight excluding hydrogens is 120 g/mol. The van der Waals surface area contributed by atoms with E-state index in [0.29, 0.717) is 0 Å². The average Bonchev–Trinajstić information content (AvgIpc) is 1.99. The maximum absolute atomic E-state index is 3.82. The molecule has 0 saturated carbocycles. The molecule has 0 radical (unpaired) electrons. The van der Waals surface area contributed by atoms with Gasteiger partial charge in [-0.3, -0.25) is 0 Å². The van der Waals surface area contributed by atoms with Gasteiger partial charge in [-0.25, -0.2) is 0 Å². The number of allylic oxidation sites excluding steroid dienone is 1. The van der Waals surface area contributed by atoms with Gasteiger partial charge in [-0.2, -0.15) is 0 Å². The first-order valence-electron chi connectivity index (χ1n) is 4.37. The van der Waals surface area contributed by atoms with Gasteiger partial charge in [0.2, 0.25) is 0 Å². The normalized spacial score (nSPS) is 16.3. The summed E-state index contributed by atoms with van der Waals surface area (Å²) < 4.78 is 0. The Morgan fingerprint density at radius 3 is 2.20 bits per heavy atom. The van der Waals surface area contributed by atoms with Crippen LogP contribution in [-0.2, 0) is 0 Å². The van der Waals surface area contributed by atoms with Gasteiger partial charge in [-0.05, 0) is 24.7 Å². The molecule has 0 aromatic carbocycles. The Morgan fingerprint density at radius 2 is 1.90 bits per heavy atom. The summed E-state index contributed by atoms with van der Waals surface area (Å²) in [5, 5.41) is 0. The van der Waals surface area contributed by atoms with Crippen LogP contribution in [0.1, 0.15) is 40.0 Å². The van der Waals surface area contributed by atoms with E-state index in [1.54, 1.807) is 0 Å². The number of rotatable bonds is 5. The Balaban J connectivity index is 3.51. The van der Waals surface area contributed by atoms with Gasteiger partial charge >= 0.3 is 0 Å². The van der Waals surface area contributed by atoms with E-state index < -0.39 is 0 Å². The van der Waals surface area contributed by atoms with E-state index in [0.717, 1.165) is 11.8 Å². The van der Waals surface area contributed by atoms with Gasteiger partial charge in [0.15, 0.2) is 0 Å². The maximum Gasteiger partial charge on any atom is -0.0236 e. The molecule has 0 aromatic heterocycles. The molecule has 2 unspecified atom stereocenters. The summed E-state index contributed by atoms with van der Waals surface area (Å²) in [5.74, 6) is 1.61. The van der Waals surface area contributed by atoms with Crippen molar-refractivity contribution in [2.24, 2.45) is 11.8 Å². The summed E-state index contributed by atoms with van der Waals surface area (Å²) in [6.07, 6.45) is 5.95. The third-order valence-corrected chi connectivity index (χ3v) is 2.26. The zero-order valence-electron chi connectivity index (χ0n) is 7.56. The minimum atomic E-state index is 0.745. The van der Waals surface area contributed by atoms with Gasteiger partial charge in [0.25, 0.3) is 0 Å². The second-order valence-corrected chi connectivity index (χ2v) is 3.15. The summed E-state index contributed by atoms with van der Waals surface area (Å²) in [6, 6.07) is 0. The molecule has 0 aliphatic rings.